The molecule has 3 nitrogen and oxygen atoms in total. The van der Waals surface area contributed by atoms with E-state index in [0.717, 1.165) is 12.8 Å². The zero-order valence-electron chi connectivity index (χ0n) is 8.16. The van der Waals surface area contributed by atoms with Crippen molar-refractivity contribution in [2.24, 2.45) is 10.9 Å². The van der Waals surface area contributed by atoms with Crippen LogP contribution in [0.25, 0.3) is 0 Å². The summed E-state index contributed by atoms with van der Waals surface area (Å²) in [5.74, 6) is 0.708. The standard InChI is InChI=1S/C11H12N2O/c1-8-2-3-10-9(4-8)5-12-6-11(10)13-7-14/h5-6,8H,2-4H2,1H3. The van der Waals surface area contributed by atoms with E-state index in [1.807, 2.05) is 6.20 Å². The molecule has 3 heteroatoms. The molecule has 0 aliphatic heterocycles. The molecule has 0 amide bonds. The number of rotatable bonds is 1. The number of hydrogen-bond donors (Lipinski definition) is 0. The summed E-state index contributed by atoms with van der Waals surface area (Å²) in [6, 6.07) is 0. The van der Waals surface area contributed by atoms with E-state index < -0.39 is 0 Å². The maximum Gasteiger partial charge on any atom is 0.240 e. The van der Waals surface area contributed by atoms with Crippen molar-refractivity contribution in [2.45, 2.75) is 26.2 Å². The molecule has 0 saturated carbocycles. The number of fused-ring (bicyclic) bond motifs is 1. The average Bonchev–Trinajstić information content (AvgIpc) is 2.18. The van der Waals surface area contributed by atoms with Gasteiger partial charge in [-0.25, -0.2) is 4.79 Å². The largest absolute Gasteiger partial charge is 0.262 e. The Morgan fingerprint density at radius 2 is 2.43 bits per heavy atom. The SMILES string of the molecule is CC1CCc2c(cncc2N=C=O)C1. The third-order valence-electron chi connectivity index (χ3n) is 2.75. The molecule has 2 rings (SSSR count). The first kappa shape index (κ1) is 9.10. The summed E-state index contributed by atoms with van der Waals surface area (Å²) in [7, 11) is 0. The van der Waals surface area contributed by atoms with Crippen molar-refractivity contribution in [1.82, 2.24) is 4.98 Å². The number of nitrogens with zero attached hydrogens (tertiary/aromatic N) is 2. The molecule has 0 aromatic carbocycles. The third kappa shape index (κ3) is 1.59. The van der Waals surface area contributed by atoms with Gasteiger partial charge in [-0.15, -0.1) is 0 Å². The number of pyridine rings is 1. The van der Waals surface area contributed by atoms with Gasteiger partial charge in [0.2, 0.25) is 6.08 Å². The van der Waals surface area contributed by atoms with Gasteiger partial charge in [0, 0.05) is 6.20 Å². The monoisotopic (exact) mass is 188 g/mol. The van der Waals surface area contributed by atoms with Crippen molar-refractivity contribution in [3.63, 3.8) is 0 Å². The van der Waals surface area contributed by atoms with E-state index in [1.54, 1.807) is 12.3 Å². The van der Waals surface area contributed by atoms with Gasteiger partial charge in [-0.2, -0.15) is 4.99 Å². The average molecular weight is 188 g/mol. The van der Waals surface area contributed by atoms with Crippen LogP contribution < -0.4 is 0 Å². The lowest BCUT2D eigenvalue weighted by atomic mass is 9.85. The maximum absolute atomic E-state index is 10.2. The van der Waals surface area contributed by atoms with Gasteiger partial charge in [0.1, 0.15) is 0 Å². The van der Waals surface area contributed by atoms with Crippen LogP contribution in [0.2, 0.25) is 0 Å². The third-order valence-corrected chi connectivity index (χ3v) is 2.75. The predicted octanol–water partition coefficient (Wildman–Crippen LogP) is 2.17. The van der Waals surface area contributed by atoms with Crippen LogP contribution >= 0.6 is 0 Å². The van der Waals surface area contributed by atoms with Crippen molar-refractivity contribution in [3.05, 3.63) is 23.5 Å². The molecule has 14 heavy (non-hydrogen) atoms. The molecule has 0 radical (unpaired) electrons. The number of hydrogen-bond acceptors (Lipinski definition) is 3. The zero-order chi connectivity index (χ0) is 9.97. The van der Waals surface area contributed by atoms with E-state index in [1.165, 1.54) is 17.5 Å². The quantitative estimate of drug-likeness (QED) is 0.500. The fourth-order valence-electron chi connectivity index (χ4n) is 2.00. The Balaban J connectivity index is 2.46. The molecular weight excluding hydrogens is 176 g/mol. The summed E-state index contributed by atoms with van der Waals surface area (Å²) in [5.41, 5.74) is 3.12. The summed E-state index contributed by atoms with van der Waals surface area (Å²) >= 11 is 0. The molecule has 72 valence electrons. The highest BCUT2D eigenvalue weighted by Gasteiger charge is 2.17. The van der Waals surface area contributed by atoms with Gasteiger partial charge in [0.25, 0.3) is 0 Å². The minimum absolute atomic E-state index is 0.699. The minimum atomic E-state index is 0.699. The minimum Gasteiger partial charge on any atom is -0.262 e. The highest BCUT2D eigenvalue weighted by molar-refractivity contribution is 5.55. The van der Waals surface area contributed by atoms with Crippen LogP contribution in [-0.2, 0) is 17.6 Å². The Bertz CT molecular complexity index is 394. The van der Waals surface area contributed by atoms with E-state index >= 15 is 0 Å². The van der Waals surface area contributed by atoms with E-state index in [2.05, 4.69) is 16.9 Å². The lowest BCUT2D eigenvalue weighted by molar-refractivity contribution is 0.500. The van der Waals surface area contributed by atoms with Crippen LogP contribution in [0.3, 0.4) is 0 Å². The molecule has 1 aliphatic carbocycles. The molecular formula is C11H12N2O. The second kappa shape index (κ2) is 3.72. The van der Waals surface area contributed by atoms with Crippen LogP contribution in [0, 0.1) is 5.92 Å². The predicted molar refractivity (Wildman–Crippen MR) is 53.2 cm³/mol. The van der Waals surface area contributed by atoms with Crippen LogP contribution in [0.4, 0.5) is 5.69 Å². The summed E-state index contributed by atoms with van der Waals surface area (Å²) < 4.78 is 0. The van der Waals surface area contributed by atoms with Gasteiger partial charge >= 0.3 is 0 Å². The molecule has 0 fully saturated rings. The fraction of sp³-hybridized carbons (Fsp3) is 0.455. The Morgan fingerprint density at radius 1 is 1.57 bits per heavy atom. The summed E-state index contributed by atoms with van der Waals surface area (Å²) in [6.45, 7) is 2.23. The number of isocyanates is 1. The van der Waals surface area contributed by atoms with E-state index in [-0.39, 0.29) is 0 Å². The van der Waals surface area contributed by atoms with Gasteiger partial charge in [-0.1, -0.05) is 6.92 Å². The van der Waals surface area contributed by atoms with E-state index in [4.69, 9.17) is 0 Å². The molecule has 1 aromatic rings. The van der Waals surface area contributed by atoms with Gasteiger partial charge < -0.3 is 0 Å². The molecule has 0 saturated heterocycles. The molecule has 1 aromatic heterocycles. The lowest BCUT2D eigenvalue weighted by Crippen LogP contribution is -2.11. The van der Waals surface area contributed by atoms with Gasteiger partial charge in [0.15, 0.2) is 0 Å². The zero-order valence-corrected chi connectivity index (χ0v) is 8.16. The van der Waals surface area contributed by atoms with Crippen molar-refractivity contribution < 1.29 is 4.79 Å². The normalized spacial score (nSPS) is 19.6. The molecule has 1 aliphatic rings. The fourth-order valence-corrected chi connectivity index (χ4v) is 2.00. The van der Waals surface area contributed by atoms with Crippen LogP contribution in [0.1, 0.15) is 24.5 Å². The van der Waals surface area contributed by atoms with Crippen molar-refractivity contribution >= 4 is 11.8 Å². The smallest absolute Gasteiger partial charge is 0.240 e. The Morgan fingerprint density at radius 3 is 3.21 bits per heavy atom. The number of aliphatic imine (C=N–C) groups is 1. The second-order valence-corrected chi connectivity index (χ2v) is 3.85. The summed E-state index contributed by atoms with van der Waals surface area (Å²) in [5, 5.41) is 0. The van der Waals surface area contributed by atoms with Crippen LogP contribution in [0.5, 0.6) is 0 Å². The Labute approximate surface area is 82.9 Å². The van der Waals surface area contributed by atoms with Gasteiger partial charge in [0.05, 0.1) is 11.9 Å². The van der Waals surface area contributed by atoms with E-state index in [9.17, 15) is 4.79 Å². The molecule has 0 spiro atoms. The summed E-state index contributed by atoms with van der Waals surface area (Å²) in [6.07, 6.45) is 8.31. The van der Waals surface area contributed by atoms with Crippen LogP contribution in [-0.4, -0.2) is 11.1 Å². The maximum atomic E-state index is 10.2. The molecule has 0 N–H and O–H groups in total. The van der Waals surface area contributed by atoms with Gasteiger partial charge in [-0.3, -0.25) is 4.98 Å². The Kier molecular flexibility index (Phi) is 2.42. The first-order valence-corrected chi connectivity index (χ1v) is 4.85. The molecule has 0 bridgehead atoms. The Hall–Kier alpha value is -1.47. The van der Waals surface area contributed by atoms with Crippen molar-refractivity contribution in [3.8, 4) is 0 Å². The van der Waals surface area contributed by atoms with Crippen molar-refractivity contribution in [1.29, 1.82) is 0 Å². The molecule has 1 unspecified atom stereocenters. The highest BCUT2D eigenvalue weighted by atomic mass is 16.1. The highest BCUT2D eigenvalue weighted by Crippen LogP contribution is 2.30. The summed E-state index contributed by atoms with van der Waals surface area (Å²) in [4.78, 5) is 18.0. The first-order chi connectivity index (χ1) is 6.81. The lowest BCUT2D eigenvalue weighted by Gasteiger charge is -2.21. The van der Waals surface area contributed by atoms with E-state index in [0.29, 0.717) is 11.6 Å². The van der Waals surface area contributed by atoms with Gasteiger partial charge in [-0.05, 0) is 36.3 Å². The first-order valence-electron chi connectivity index (χ1n) is 4.85. The number of aromatic nitrogens is 1. The topological polar surface area (TPSA) is 42.3 Å². The number of carbonyl (C=O) groups excluding carboxylic acids is 1. The second-order valence-electron chi connectivity index (χ2n) is 3.85. The molecule has 1 atom stereocenters. The van der Waals surface area contributed by atoms with Crippen LogP contribution in [0.15, 0.2) is 17.4 Å². The molecule has 1 heterocycles. The van der Waals surface area contributed by atoms with Crippen molar-refractivity contribution in [2.75, 3.05) is 0 Å².